The first kappa shape index (κ1) is 15.1. The molecule has 2 aromatic rings. The molecule has 0 aliphatic heterocycles. The predicted molar refractivity (Wildman–Crippen MR) is 83.5 cm³/mol. The second kappa shape index (κ2) is 6.90. The van der Waals surface area contributed by atoms with Gasteiger partial charge in [0.25, 0.3) is 0 Å². The normalized spacial score (nSPS) is 10.9. The van der Waals surface area contributed by atoms with Crippen molar-refractivity contribution in [3.8, 4) is 0 Å². The number of carbonyl (C=O) groups is 1. The number of hydrogen-bond donors (Lipinski definition) is 1. The van der Waals surface area contributed by atoms with Gasteiger partial charge in [-0.25, -0.2) is 4.98 Å². The number of nitrogens with zero attached hydrogens (tertiary/aromatic N) is 1. The first-order valence-electron chi connectivity index (χ1n) is 6.42. The topological polar surface area (TPSA) is 50.2 Å². The maximum Gasteiger partial charge on any atom is 0.307 e. The van der Waals surface area contributed by atoms with Gasteiger partial charge in [-0.05, 0) is 17.7 Å². The third kappa shape index (κ3) is 4.35. The van der Waals surface area contributed by atoms with Crippen molar-refractivity contribution < 1.29 is 9.90 Å². The van der Waals surface area contributed by atoms with Crippen molar-refractivity contribution in [2.24, 2.45) is 0 Å². The lowest BCUT2D eigenvalue weighted by atomic mass is 10.2. The maximum absolute atomic E-state index is 10.6. The van der Waals surface area contributed by atoms with E-state index in [2.05, 4.69) is 24.2 Å². The summed E-state index contributed by atoms with van der Waals surface area (Å²) >= 11 is 3.44. The van der Waals surface area contributed by atoms with Gasteiger partial charge in [0.1, 0.15) is 0 Å². The summed E-state index contributed by atoms with van der Waals surface area (Å²) in [5.41, 5.74) is 1.94. The maximum atomic E-state index is 10.6. The molecule has 0 amide bonds. The Morgan fingerprint density at radius 1 is 1.35 bits per heavy atom. The molecule has 1 heterocycles. The standard InChI is InChI=1S/C15H17NO2S2/c1-10(2)15-16-12(9-20-15)8-19-13-5-3-11(4-6-13)7-14(17)18/h3-6,9-10H,7-8H2,1-2H3,(H,17,18). The van der Waals surface area contributed by atoms with Crippen LogP contribution in [0.15, 0.2) is 34.5 Å². The monoisotopic (exact) mass is 307 g/mol. The third-order valence-corrected chi connectivity index (χ3v) is 4.97. The van der Waals surface area contributed by atoms with Crippen LogP contribution in [0.5, 0.6) is 0 Å². The van der Waals surface area contributed by atoms with E-state index < -0.39 is 5.97 Å². The van der Waals surface area contributed by atoms with E-state index in [4.69, 9.17) is 5.11 Å². The molecule has 0 radical (unpaired) electrons. The highest BCUT2D eigenvalue weighted by Gasteiger charge is 2.06. The van der Waals surface area contributed by atoms with Crippen LogP contribution in [0.4, 0.5) is 0 Å². The van der Waals surface area contributed by atoms with E-state index in [9.17, 15) is 4.79 Å². The van der Waals surface area contributed by atoms with Crippen molar-refractivity contribution in [2.45, 2.75) is 36.8 Å². The van der Waals surface area contributed by atoms with Gasteiger partial charge < -0.3 is 5.11 Å². The van der Waals surface area contributed by atoms with Crippen LogP contribution in [0.1, 0.15) is 36.0 Å². The number of rotatable bonds is 6. The first-order valence-corrected chi connectivity index (χ1v) is 8.29. The number of carboxylic acids is 1. The van der Waals surface area contributed by atoms with E-state index in [-0.39, 0.29) is 6.42 Å². The van der Waals surface area contributed by atoms with Crippen LogP contribution in [-0.4, -0.2) is 16.1 Å². The second-order valence-corrected chi connectivity index (χ2v) is 6.77. The Hall–Kier alpha value is -1.33. The molecule has 1 N–H and O–H groups in total. The predicted octanol–water partition coefficient (Wildman–Crippen LogP) is 4.19. The summed E-state index contributed by atoms with van der Waals surface area (Å²) in [5.74, 6) is 0.532. The summed E-state index contributed by atoms with van der Waals surface area (Å²) in [7, 11) is 0. The molecule has 0 aliphatic carbocycles. The Morgan fingerprint density at radius 3 is 2.60 bits per heavy atom. The molecule has 0 aliphatic rings. The van der Waals surface area contributed by atoms with Gasteiger partial charge in [0, 0.05) is 21.9 Å². The molecular formula is C15H17NO2S2. The lowest BCUT2D eigenvalue weighted by Gasteiger charge is -2.02. The Labute approximate surface area is 127 Å². The van der Waals surface area contributed by atoms with Crippen LogP contribution in [0, 0.1) is 0 Å². The molecule has 0 saturated heterocycles. The van der Waals surface area contributed by atoms with Crippen molar-refractivity contribution in [1.29, 1.82) is 0 Å². The SMILES string of the molecule is CC(C)c1nc(CSc2ccc(CC(=O)O)cc2)cs1. The van der Waals surface area contributed by atoms with Crippen molar-refractivity contribution in [3.05, 3.63) is 45.9 Å². The summed E-state index contributed by atoms with van der Waals surface area (Å²) in [4.78, 5) is 16.3. The van der Waals surface area contributed by atoms with Gasteiger partial charge in [-0.15, -0.1) is 23.1 Å². The van der Waals surface area contributed by atoms with Crippen molar-refractivity contribution in [3.63, 3.8) is 0 Å². The van der Waals surface area contributed by atoms with Gasteiger partial charge in [-0.1, -0.05) is 26.0 Å². The van der Waals surface area contributed by atoms with Crippen molar-refractivity contribution in [1.82, 2.24) is 4.98 Å². The Bertz CT molecular complexity index is 576. The third-order valence-electron chi connectivity index (χ3n) is 2.73. The van der Waals surface area contributed by atoms with Gasteiger partial charge in [0.2, 0.25) is 0 Å². The van der Waals surface area contributed by atoms with E-state index in [1.807, 2.05) is 24.3 Å². The van der Waals surface area contributed by atoms with Crippen molar-refractivity contribution in [2.75, 3.05) is 0 Å². The fourth-order valence-corrected chi connectivity index (χ4v) is 3.42. The first-order chi connectivity index (χ1) is 9.54. The minimum Gasteiger partial charge on any atom is -0.481 e. The van der Waals surface area contributed by atoms with E-state index in [1.165, 1.54) is 5.01 Å². The summed E-state index contributed by atoms with van der Waals surface area (Å²) in [5, 5.41) is 12.0. The van der Waals surface area contributed by atoms with Crippen LogP contribution >= 0.6 is 23.1 Å². The van der Waals surface area contributed by atoms with E-state index in [1.54, 1.807) is 23.1 Å². The Morgan fingerprint density at radius 2 is 2.05 bits per heavy atom. The zero-order valence-electron chi connectivity index (χ0n) is 11.5. The highest BCUT2D eigenvalue weighted by Crippen LogP contribution is 2.26. The molecule has 1 aromatic carbocycles. The zero-order chi connectivity index (χ0) is 14.5. The highest BCUT2D eigenvalue weighted by atomic mass is 32.2. The van der Waals surface area contributed by atoms with Gasteiger partial charge in [0.15, 0.2) is 0 Å². The van der Waals surface area contributed by atoms with Crippen LogP contribution in [0.2, 0.25) is 0 Å². The molecule has 0 bridgehead atoms. The van der Waals surface area contributed by atoms with Gasteiger partial charge in [-0.3, -0.25) is 4.79 Å². The number of aromatic nitrogens is 1. The second-order valence-electron chi connectivity index (χ2n) is 4.83. The lowest BCUT2D eigenvalue weighted by molar-refractivity contribution is -0.136. The molecule has 0 saturated carbocycles. The van der Waals surface area contributed by atoms with Crippen molar-refractivity contribution >= 4 is 29.1 Å². The van der Waals surface area contributed by atoms with Gasteiger partial charge >= 0.3 is 5.97 Å². The van der Waals surface area contributed by atoms with Crippen LogP contribution in [0.3, 0.4) is 0 Å². The largest absolute Gasteiger partial charge is 0.481 e. The van der Waals surface area contributed by atoms with Gasteiger partial charge in [0.05, 0.1) is 17.1 Å². The quantitative estimate of drug-likeness (QED) is 0.813. The number of hydrogen-bond acceptors (Lipinski definition) is 4. The zero-order valence-corrected chi connectivity index (χ0v) is 13.1. The average Bonchev–Trinajstić information content (AvgIpc) is 2.86. The summed E-state index contributed by atoms with van der Waals surface area (Å²) in [6.45, 7) is 4.30. The van der Waals surface area contributed by atoms with E-state index in [0.717, 1.165) is 21.9 Å². The Kier molecular flexibility index (Phi) is 5.20. The summed E-state index contributed by atoms with van der Waals surface area (Å²) in [6.07, 6.45) is 0.0782. The molecule has 1 aromatic heterocycles. The van der Waals surface area contributed by atoms with E-state index in [0.29, 0.717) is 5.92 Å². The molecule has 2 rings (SSSR count). The number of aliphatic carboxylic acids is 1. The molecule has 20 heavy (non-hydrogen) atoms. The number of carboxylic acid groups (broad SMARTS) is 1. The molecule has 0 unspecified atom stereocenters. The number of thioether (sulfide) groups is 1. The molecule has 0 atom stereocenters. The molecule has 3 nitrogen and oxygen atoms in total. The molecule has 0 spiro atoms. The average molecular weight is 307 g/mol. The Balaban J connectivity index is 1.91. The van der Waals surface area contributed by atoms with Crippen LogP contribution in [0.25, 0.3) is 0 Å². The number of thiazole rings is 1. The van der Waals surface area contributed by atoms with Crippen LogP contribution in [-0.2, 0) is 17.0 Å². The fourth-order valence-electron chi connectivity index (χ4n) is 1.69. The molecule has 0 fully saturated rings. The highest BCUT2D eigenvalue weighted by molar-refractivity contribution is 7.98. The summed E-state index contributed by atoms with van der Waals surface area (Å²) in [6, 6.07) is 7.69. The lowest BCUT2D eigenvalue weighted by Crippen LogP contribution is -1.99. The summed E-state index contributed by atoms with van der Waals surface area (Å²) < 4.78 is 0. The van der Waals surface area contributed by atoms with E-state index >= 15 is 0 Å². The molecular weight excluding hydrogens is 290 g/mol. The molecule has 5 heteroatoms. The van der Waals surface area contributed by atoms with Crippen LogP contribution < -0.4 is 0 Å². The minimum atomic E-state index is -0.797. The smallest absolute Gasteiger partial charge is 0.307 e. The number of benzene rings is 1. The fraction of sp³-hybridized carbons (Fsp3) is 0.333. The van der Waals surface area contributed by atoms with Gasteiger partial charge in [-0.2, -0.15) is 0 Å². The molecule has 106 valence electrons. The minimum absolute atomic E-state index is 0.0782.